The van der Waals surface area contributed by atoms with Gasteiger partial charge >= 0.3 is 0 Å². The highest BCUT2D eigenvalue weighted by atomic mass is 32.2. The molecule has 0 aliphatic heterocycles. The van der Waals surface area contributed by atoms with Crippen LogP contribution in [0, 0.1) is 0 Å². The quantitative estimate of drug-likeness (QED) is 0.672. The van der Waals surface area contributed by atoms with Crippen molar-refractivity contribution in [1.29, 1.82) is 0 Å². The minimum absolute atomic E-state index is 0.204. The number of benzene rings is 1. The molecule has 1 aromatic heterocycles. The molecular weight excluding hydrogens is 354 g/mol. The van der Waals surface area contributed by atoms with Crippen molar-refractivity contribution < 1.29 is 17.7 Å². The van der Waals surface area contributed by atoms with E-state index in [4.69, 9.17) is 4.52 Å². The van der Waals surface area contributed by atoms with Crippen LogP contribution in [-0.2, 0) is 9.84 Å². The van der Waals surface area contributed by atoms with Crippen LogP contribution in [0.25, 0.3) is 11.3 Å². The first-order valence-electron chi connectivity index (χ1n) is 8.63. The smallest absolute Gasteiger partial charge is 0.273 e. The highest BCUT2D eigenvalue weighted by Gasteiger charge is 2.14. The van der Waals surface area contributed by atoms with E-state index in [-0.39, 0.29) is 16.5 Å². The first-order chi connectivity index (χ1) is 12.3. The van der Waals surface area contributed by atoms with E-state index in [1.807, 2.05) is 0 Å². The van der Waals surface area contributed by atoms with Gasteiger partial charge in [0.25, 0.3) is 5.91 Å². The molecule has 0 radical (unpaired) electrons. The van der Waals surface area contributed by atoms with Crippen LogP contribution < -0.4 is 5.32 Å². The van der Waals surface area contributed by atoms with E-state index in [0.29, 0.717) is 17.9 Å². The molecule has 2 aromatic rings. The monoisotopic (exact) mass is 379 g/mol. The molecule has 1 heterocycles. The van der Waals surface area contributed by atoms with Crippen molar-refractivity contribution in [3.05, 3.63) is 36.0 Å². The van der Waals surface area contributed by atoms with E-state index in [0.717, 1.165) is 32.3 Å². The van der Waals surface area contributed by atoms with Crippen LogP contribution in [0.15, 0.2) is 39.8 Å². The molecule has 1 N–H and O–H groups in total. The summed E-state index contributed by atoms with van der Waals surface area (Å²) >= 11 is 0. The molecule has 2 rings (SSSR count). The maximum atomic E-state index is 12.1. The highest BCUT2D eigenvalue weighted by molar-refractivity contribution is 7.90. The number of carbonyl (C=O) groups excluding carboxylic acids is 1. The normalized spacial score (nSPS) is 11.7. The van der Waals surface area contributed by atoms with E-state index < -0.39 is 9.84 Å². The second-order valence-corrected chi connectivity index (χ2v) is 8.03. The lowest BCUT2D eigenvalue weighted by Crippen LogP contribution is -2.30. The lowest BCUT2D eigenvalue weighted by molar-refractivity contribution is 0.0943. The van der Waals surface area contributed by atoms with Crippen LogP contribution in [-0.4, -0.2) is 56.8 Å². The number of carbonyl (C=O) groups is 1. The van der Waals surface area contributed by atoms with Gasteiger partial charge in [-0.2, -0.15) is 0 Å². The molecule has 0 unspecified atom stereocenters. The molecule has 0 atom stereocenters. The number of sulfone groups is 1. The fraction of sp³-hybridized carbons (Fsp3) is 0.444. The lowest BCUT2D eigenvalue weighted by atomic mass is 10.1. The molecule has 7 nitrogen and oxygen atoms in total. The molecule has 0 aliphatic carbocycles. The molecule has 0 fully saturated rings. The molecule has 0 saturated carbocycles. The van der Waals surface area contributed by atoms with Gasteiger partial charge in [-0.3, -0.25) is 4.79 Å². The van der Waals surface area contributed by atoms with E-state index in [2.05, 4.69) is 29.2 Å². The minimum atomic E-state index is -3.25. The van der Waals surface area contributed by atoms with Gasteiger partial charge in [-0.1, -0.05) is 19.0 Å². The van der Waals surface area contributed by atoms with Gasteiger partial charge in [-0.25, -0.2) is 8.42 Å². The number of hydrogen-bond acceptors (Lipinski definition) is 6. The third-order valence-electron chi connectivity index (χ3n) is 4.14. The summed E-state index contributed by atoms with van der Waals surface area (Å²) in [6.07, 6.45) is 2.02. The maximum absolute atomic E-state index is 12.1. The Labute approximate surface area is 154 Å². The molecule has 8 heteroatoms. The van der Waals surface area contributed by atoms with Crippen molar-refractivity contribution in [2.45, 2.75) is 25.2 Å². The summed E-state index contributed by atoms with van der Waals surface area (Å²) in [5.74, 6) is 0.130. The Kier molecular flexibility index (Phi) is 6.93. The van der Waals surface area contributed by atoms with Gasteiger partial charge in [0.05, 0.1) is 4.90 Å². The number of hydrogen-bond donors (Lipinski definition) is 1. The minimum Gasteiger partial charge on any atom is -0.355 e. The Bertz CT molecular complexity index is 824. The van der Waals surface area contributed by atoms with Crippen molar-refractivity contribution >= 4 is 15.7 Å². The average Bonchev–Trinajstić information content (AvgIpc) is 3.11. The fourth-order valence-corrected chi connectivity index (χ4v) is 3.15. The van der Waals surface area contributed by atoms with Crippen LogP contribution in [0.4, 0.5) is 0 Å². The van der Waals surface area contributed by atoms with Crippen molar-refractivity contribution in [3.8, 4) is 11.3 Å². The average molecular weight is 379 g/mol. The molecule has 1 aromatic carbocycles. The van der Waals surface area contributed by atoms with E-state index in [1.165, 1.54) is 12.1 Å². The molecule has 0 spiro atoms. The summed E-state index contributed by atoms with van der Waals surface area (Å²) in [6.45, 7) is 7.72. The first kappa shape index (κ1) is 20.1. The second kappa shape index (κ2) is 8.95. The summed E-state index contributed by atoms with van der Waals surface area (Å²) in [5.41, 5.74) is 0.862. The number of amides is 1. The van der Waals surface area contributed by atoms with Crippen molar-refractivity contribution in [1.82, 2.24) is 15.4 Å². The zero-order valence-corrected chi connectivity index (χ0v) is 16.2. The Morgan fingerprint density at radius 3 is 2.42 bits per heavy atom. The van der Waals surface area contributed by atoms with Gasteiger partial charge in [0, 0.05) is 24.4 Å². The Morgan fingerprint density at radius 1 is 1.19 bits per heavy atom. The third-order valence-corrected chi connectivity index (χ3v) is 5.27. The van der Waals surface area contributed by atoms with Crippen molar-refractivity contribution in [2.75, 3.05) is 32.4 Å². The van der Waals surface area contributed by atoms with E-state index in [9.17, 15) is 13.2 Å². The van der Waals surface area contributed by atoms with Gasteiger partial charge < -0.3 is 14.7 Å². The van der Waals surface area contributed by atoms with Gasteiger partial charge in [0.1, 0.15) is 0 Å². The Hall–Kier alpha value is -2.19. The highest BCUT2D eigenvalue weighted by Crippen LogP contribution is 2.22. The fourth-order valence-electron chi connectivity index (χ4n) is 2.52. The van der Waals surface area contributed by atoms with Crippen LogP contribution in [0.2, 0.25) is 0 Å². The zero-order chi connectivity index (χ0) is 19.2. The van der Waals surface area contributed by atoms with Crippen LogP contribution in [0.5, 0.6) is 0 Å². The molecule has 142 valence electrons. The first-order valence-corrected chi connectivity index (χ1v) is 10.5. The van der Waals surface area contributed by atoms with Gasteiger partial charge in [-0.15, -0.1) is 0 Å². The summed E-state index contributed by atoms with van der Waals surface area (Å²) in [5, 5.41) is 6.62. The molecule has 1 amide bonds. The summed E-state index contributed by atoms with van der Waals surface area (Å²) < 4.78 is 28.2. The molecule has 0 saturated heterocycles. The van der Waals surface area contributed by atoms with E-state index in [1.54, 1.807) is 18.2 Å². The van der Waals surface area contributed by atoms with Crippen molar-refractivity contribution in [3.63, 3.8) is 0 Å². The topological polar surface area (TPSA) is 92.5 Å². The van der Waals surface area contributed by atoms with Gasteiger partial charge in [0.2, 0.25) is 0 Å². The zero-order valence-electron chi connectivity index (χ0n) is 15.4. The number of rotatable bonds is 9. The Morgan fingerprint density at radius 2 is 1.85 bits per heavy atom. The maximum Gasteiger partial charge on any atom is 0.273 e. The summed E-state index contributed by atoms with van der Waals surface area (Å²) in [6, 6.07) is 7.81. The number of aromatic nitrogens is 1. The standard InChI is InChI=1S/C18H25N3O4S/c1-4-21(5-2)12-6-11-19-18(22)16-13-17(25-20-16)14-7-9-15(10-8-14)26(3,23)24/h7-10,13H,4-6,11-12H2,1-3H3,(H,19,22). The number of nitrogens with zero attached hydrogens (tertiary/aromatic N) is 2. The molecule has 0 aliphatic rings. The predicted octanol–water partition coefficient (Wildman–Crippen LogP) is 2.21. The van der Waals surface area contributed by atoms with Crippen LogP contribution in [0.1, 0.15) is 30.8 Å². The largest absolute Gasteiger partial charge is 0.355 e. The SMILES string of the molecule is CCN(CC)CCCNC(=O)c1cc(-c2ccc(S(C)(=O)=O)cc2)on1. The summed E-state index contributed by atoms with van der Waals surface area (Å²) in [4.78, 5) is 14.7. The Balaban J connectivity index is 1.93. The lowest BCUT2D eigenvalue weighted by Gasteiger charge is -2.17. The molecule has 0 bridgehead atoms. The number of nitrogens with one attached hydrogen (secondary N) is 1. The molecule has 26 heavy (non-hydrogen) atoms. The summed E-state index contributed by atoms with van der Waals surface area (Å²) in [7, 11) is -3.25. The van der Waals surface area contributed by atoms with Crippen LogP contribution >= 0.6 is 0 Å². The van der Waals surface area contributed by atoms with E-state index >= 15 is 0 Å². The van der Waals surface area contributed by atoms with Crippen LogP contribution in [0.3, 0.4) is 0 Å². The van der Waals surface area contributed by atoms with Crippen molar-refractivity contribution in [2.24, 2.45) is 0 Å². The molecular formula is C18H25N3O4S. The predicted molar refractivity (Wildman–Crippen MR) is 99.8 cm³/mol. The van der Waals surface area contributed by atoms with Gasteiger partial charge in [-0.05, 0) is 50.3 Å². The second-order valence-electron chi connectivity index (χ2n) is 6.01. The van der Waals surface area contributed by atoms with Gasteiger partial charge in [0.15, 0.2) is 21.3 Å². The third kappa shape index (κ3) is 5.40.